The number of aryl methyl sites for hydroxylation is 1. The maximum atomic E-state index is 10.7. The summed E-state index contributed by atoms with van der Waals surface area (Å²) in [6, 6.07) is 8.97. The Morgan fingerprint density at radius 3 is 2.75 bits per heavy atom. The molecule has 7 heteroatoms. The molecule has 5 nitrogen and oxygen atoms in total. The van der Waals surface area contributed by atoms with Gasteiger partial charge in [0.1, 0.15) is 11.4 Å². The number of pyridine rings is 1. The second kappa shape index (κ2) is 5.48. The first-order valence-corrected chi connectivity index (χ1v) is 8.16. The molecule has 0 amide bonds. The minimum atomic E-state index is -0.802. The van der Waals surface area contributed by atoms with Crippen molar-refractivity contribution in [3.8, 4) is 17.1 Å². The molecule has 1 aromatic carbocycles. The summed E-state index contributed by atoms with van der Waals surface area (Å²) in [5.74, 6) is 0. The Kier molecular flexibility index (Phi) is 3.53. The van der Waals surface area contributed by atoms with Crippen LogP contribution in [-0.4, -0.2) is 26.9 Å². The van der Waals surface area contributed by atoms with Crippen LogP contribution in [0.15, 0.2) is 36.5 Å². The highest BCUT2D eigenvalue weighted by Crippen LogP contribution is 2.44. The molecule has 122 valence electrons. The molecular weight excluding hydrogens is 347 g/mol. The average Bonchev–Trinajstić information content (AvgIpc) is 2.92. The standard InChI is InChI=1S/C17H14Cl2N4O/c1-9-14-16(15-12(4-3-7-20-15)22(2)17(14)24)23(21-9)13-8-10(18)5-6-11(13)19/h3-8,17,24H,1-2H3. The van der Waals surface area contributed by atoms with Gasteiger partial charge in [0.15, 0.2) is 6.23 Å². The zero-order valence-electron chi connectivity index (χ0n) is 13.0. The van der Waals surface area contributed by atoms with Gasteiger partial charge in [-0.05, 0) is 37.3 Å². The number of aliphatic hydroxyl groups is 1. The van der Waals surface area contributed by atoms with Crippen LogP contribution in [0.1, 0.15) is 17.5 Å². The lowest BCUT2D eigenvalue weighted by Crippen LogP contribution is -2.29. The average molecular weight is 361 g/mol. The van der Waals surface area contributed by atoms with Crippen LogP contribution in [0.3, 0.4) is 0 Å². The van der Waals surface area contributed by atoms with Crippen molar-refractivity contribution >= 4 is 28.9 Å². The number of hydrogen-bond donors (Lipinski definition) is 1. The first kappa shape index (κ1) is 15.4. The lowest BCUT2D eigenvalue weighted by Gasteiger charge is -2.32. The van der Waals surface area contributed by atoms with Crippen LogP contribution in [0.4, 0.5) is 5.69 Å². The number of halogens is 2. The van der Waals surface area contributed by atoms with Gasteiger partial charge >= 0.3 is 0 Å². The van der Waals surface area contributed by atoms with Gasteiger partial charge in [0.2, 0.25) is 0 Å². The SMILES string of the molecule is Cc1nn(-c2cc(Cl)ccc2Cl)c2c1C(O)N(C)c1cccnc1-2. The molecule has 0 spiro atoms. The fourth-order valence-electron chi connectivity index (χ4n) is 3.09. The normalized spacial score (nSPS) is 16.0. The monoisotopic (exact) mass is 360 g/mol. The first-order valence-electron chi connectivity index (χ1n) is 7.40. The number of anilines is 1. The molecule has 0 saturated heterocycles. The van der Waals surface area contributed by atoms with Crippen LogP contribution in [0, 0.1) is 6.92 Å². The molecule has 24 heavy (non-hydrogen) atoms. The van der Waals surface area contributed by atoms with E-state index in [-0.39, 0.29) is 0 Å². The van der Waals surface area contributed by atoms with Gasteiger partial charge in [-0.25, -0.2) is 4.68 Å². The highest BCUT2D eigenvalue weighted by atomic mass is 35.5. The predicted octanol–water partition coefficient (Wildman–Crippen LogP) is 3.99. The summed E-state index contributed by atoms with van der Waals surface area (Å²) in [7, 11) is 1.83. The highest BCUT2D eigenvalue weighted by Gasteiger charge is 2.34. The zero-order chi connectivity index (χ0) is 17.0. The van der Waals surface area contributed by atoms with Gasteiger partial charge < -0.3 is 10.0 Å². The lowest BCUT2D eigenvalue weighted by atomic mass is 10.0. The molecule has 0 fully saturated rings. The Labute approximate surface area is 149 Å². The van der Waals surface area contributed by atoms with E-state index in [1.807, 2.05) is 26.1 Å². The fraction of sp³-hybridized carbons (Fsp3) is 0.176. The molecule has 1 unspecified atom stereocenters. The van der Waals surface area contributed by atoms with Crippen molar-refractivity contribution in [2.75, 3.05) is 11.9 Å². The summed E-state index contributed by atoms with van der Waals surface area (Å²) in [6.07, 6.45) is 0.920. The molecule has 0 aliphatic carbocycles. The van der Waals surface area contributed by atoms with Crippen molar-refractivity contribution < 1.29 is 5.11 Å². The lowest BCUT2D eigenvalue weighted by molar-refractivity contribution is 0.176. The van der Waals surface area contributed by atoms with Gasteiger partial charge in [-0.15, -0.1) is 0 Å². The van der Waals surface area contributed by atoms with Crippen molar-refractivity contribution in [1.29, 1.82) is 0 Å². The minimum absolute atomic E-state index is 0.524. The van der Waals surface area contributed by atoms with Gasteiger partial charge in [0, 0.05) is 18.3 Å². The summed E-state index contributed by atoms with van der Waals surface area (Å²) < 4.78 is 1.71. The number of fused-ring (bicyclic) bond motifs is 3. The van der Waals surface area contributed by atoms with Crippen molar-refractivity contribution in [2.45, 2.75) is 13.2 Å². The molecule has 1 aliphatic heterocycles. The van der Waals surface area contributed by atoms with Gasteiger partial charge in [-0.3, -0.25) is 4.98 Å². The summed E-state index contributed by atoms with van der Waals surface area (Å²) in [4.78, 5) is 6.29. The molecular formula is C17H14Cl2N4O. The number of aliphatic hydroxyl groups excluding tert-OH is 1. The molecule has 4 rings (SSSR count). The van der Waals surface area contributed by atoms with Crippen LogP contribution in [0.2, 0.25) is 10.0 Å². The van der Waals surface area contributed by atoms with Gasteiger partial charge in [-0.1, -0.05) is 23.2 Å². The maximum absolute atomic E-state index is 10.7. The quantitative estimate of drug-likeness (QED) is 0.712. The predicted molar refractivity (Wildman–Crippen MR) is 94.9 cm³/mol. The van der Waals surface area contributed by atoms with E-state index in [2.05, 4.69) is 10.1 Å². The van der Waals surface area contributed by atoms with E-state index in [4.69, 9.17) is 23.2 Å². The van der Waals surface area contributed by atoms with Crippen molar-refractivity contribution in [3.05, 3.63) is 57.8 Å². The Hall–Kier alpha value is -2.08. The molecule has 0 saturated carbocycles. The number of nitrogens with zero attached hydrogens (tertiary/aromatic N) is 4. The van der Waals surface area contributed by atoms with Crippen LogP contribution >= 0.6 is 23.2 Å². The van der Waals surface area contributed by atoms with Gasteiger partial charge in [-0.2, -0.15) is 5.10 Å². The third kappa shape index (κ3) is 2.13. The number of benzene rings is 1. The Morgan fingerprint density at radius 2 is 1.96 bits per heavy atom. The number of rotatable bonds is 1. The van der Waals surface area contributed by atoms with E-state index in [9.17, 15) is 5.11 Å². The Balaban J connectivity index is 2.07. The van der Waals surface area contributed by atoms with Gasteiger partial charge in [0.25, 0.3) is 0 Å². The van der Waals surface area contributed by atoms with E-state index in [1.54, 1.807) is 34.0 Å². The fourth-order valence-corrected chi connectivity index (χ4v) is 3.45. The van der Waals surface area contributed by atoms with Crippen molar-refractivity contribution in [1.82, 2.24) is 14.8 Å². The zero-order valence-corrected chi connectivity index (χ0v) is 14.5. The molecule has 3 heterocycles. The van der Waals surface area contributed by atoms with E-state index < -0.39 is 6.23 Å². The van der Waals surface area contributed by atoms with Crippen LogP contribution in [-0.2, 0) is 0 Å². The first-order chi connectivity index (χ1) is 11.5. The topological polar surface area (TPSA) is 54.2 Å². The molecule has 1 aliphatic rings. The Morgan fingerprint density at radius 1 is 1.17 bits per heavy atom. The van der Waals surface area contributed by atoms with Crippen LogP contribution < -0.4 is 4.90 Å². The van der Waals surface area contributed by atoms with E-state index in [0.717, 1.165) is 28.3 Å². The summed E-state index contributed by atoms with van der Waals surface area (Å²) in [5.41, 5.74) is 4.41. The van der Waals surface area contributed by atoms with Crippen LogP contribution in [0.25, 0.3) is 17.1 Å². The molecule has 1 atom stereocenters. The van der Waals surface area contributed by atoms with E-state index in [0.29, 0.717) is 15.7 Å². The van der Waals surface area contributed by atoms with E-state index in [1.165, 1.54) is 0 Å². The third-order valence-electron chi connectivity index (χ3n) is 4.26. The molecule has 1 N–H and O–H groups in total. The van der Waals surface area contributed by atoms with Crippen molar-refractivity contribution in [2.24, 2.45) is 0 Å². The Bertz CT molecular complexity index is 954. The third-order valence-corrected chi connectivity index (χ3v) is 4.81. The maximum Gasteiger partial charge on any atom is 0.157 e. The van der Waals surface area contributed by atoms with Crippen molar-refractivity contribution in [3.63, 3.8) is 0 Å². The largest absolute Gasteiger partial charge is 0.369 e. The molecule has 0 radical (unpaired) electrons. The van der Waals surface area contributed by atoms with Crippen LogP contribution in [0.5, 0.6) is 0 Å². The van der Waals surface area contributed by atoms with E-state index >= 15 is 0 Å². The number of aromatic nitrogens is 3. The minimum Gasteiger partial charge on any atom is -0.369 e. The summed E-state index contributed by atoms with van der Waals surface area (Å²) >= 11 is 12.5. The number of hydrogen-bond acceptors (Lipinski definition) is 4. The molecule has 3 aromatic rings. The summed E-state index contributed by atoms with van der Waals surface area (Å²) in [6.45, 7) is 1.86. The second-order valence-corrected chi connectivity index (χ2v) is 6.55. The molecule has 0 bridgehead atoms. The molecule has 2 aromatic heterocycles. The highest BCUT2D eigenvalue weighted by molar-refractivity contribution is 6.34. The second-order valence-electron chi connectivity index (χ2n) is 5.71. The van der Waals surface area contributed by atoms with Gasteiger partial charge in [0.05, 0.1) is 27.7 Å². The smallest absolute Gasteiger partial charge is 0.157 e. The summed E-state index contributed by atoms with van der Waals surface area (Å²) in [5, 5.41) is 16.4.